The molecule has 1 aromatic heterocycles. The number of rotatable bonds is 8. The maximum absolute atomic E-state index is 4.86. The van der Waals surface area contributed by atoms with Gasteiger partial charge < -0.3 is 15.5 Å². The first-order chi connectivity index (χ1) is 11.5. The maximum Gasteiger partial charge on any atom is 0.191 e. The summed E-state index contributed by atoms with van der Waals surface area (Å²) in [7, 11) is 6.16. The van der Waals surface area contributed by atoms with E-state index in [1.807, 2.05) is 17.9 Å². The summed E-state index contributed by atoms with van der Waals surface area (Å²) < 4.78 is 1.85. The van der Waals surface area contributed by atoms with E-state index in [9.17, 15) is 0 Å². The fraction of sp³-hybridized carbons (Fsp3) is 0.778. The van der Waals surface area contributed by atoms with Crippen molar-refractivity contribution in [2.45, 2.75) is 45.6 Å². The highest BCUT2D eigenvalue weighted by Crippen LogP contribution is 2.43. The molecule has 1 saturated carbocycles. The summed E-state index contributed by atoms with van der Waals surface area (Å²) >= 11 is 0. The minimum Gasteiger partial charge on any atom is -0.357 e. The molecular weight excluding hydrogens is 427 g/mol. The van der Waals surface area contributed by atoms with Gasteiger partial charge >= 0.3 is 0 Å². The Hall–Kier alpha value is -0.830. The van der Waals surface area contributed by atoms with Crippen LogP contribution in [0, 0.1) is 5.41 Å². The topological polar surface area (TPSA) is 57.5 Å². The van der Waals surface area contributed by atoms with E-state index in [2.05, 4.69) is 54.8 Å². The molecule has 0 amide bonds. The molecule has 1 aliphatic carbocycles. The first-order valence-electron chi connectivity index (χ1n) is 9.17. The predicted octanol–water partition coefficient (Wildman–Crippen LogP) is 2.78. The molecule has 1 heterocycles. The van der Waals surface area contributed by atoms with Crippen molar-refractivity contribution in [2.75, 3.05) is 33.7 Å². The summed E-state index contributed by atoms with van der Waals surface area (Å²) in [5.41, 5.74) is 1.67. The van der Waals surface area contributed by atoms with E-state index in [1.165, 1.54) is 31.2 Å². The van der Waals surface area contributed by atoms with Crippen molar-refractivity contribution in [1.29, 1.82) is 0 Å². The minimum absolute atomic E-state index is 0. The average Bonchev–Trinajstić information content (AvgIpc) is 2.92. The van der Waals surface area contributed by atoms with Crippen LogP contribution in [0.15, 0.2) is 17.4 Å². The summed E-state index contributed by atoms with van der Waals surface area (Å²) in [4.78, 5) is 7.08. The standard InChI is InChI=1S/C18H34N6.HI/c1-6-18(9-8-10-18)14-21-17(19-7-2)20-12-16(23(3)4)15-11-22-24(5)13-15;/h11,13,16H,6-10,12,14H2,1-5H3,(H2,19,20,21);1H. The van der Waals surface area contributed by atoms with Crippen LogP contribution in [-0.4, -0.2) is 54.4 Å². The molecule has 0 radical (unpaired) electrons. The lowest BCUT2D eigenvalue weighted by atomic mass is 9.67. The van der Waals surface area contributed by atoms with Crippen molar-refractivity contribution in [3.63, 3.8) is 0 Å². The van der Waals surface area contributed by atoms with Gasteiger partial charge in [0.1, 0.15) is 0 Å². The van der Waals surface area contributed by atoms with Gasteiger partial charge in [0, 0.05) is 38.4 Å². The first-order valence-corrected chi connectivity index (χ1v) is 9.17. The van der Waals surface area contributed by atoms with Crippen LogP contribution in [0.25, 0.3) is 0 Å². The molecule has 2 N–H and O–H groups in total. The maximum atomic E-state index is 4.86. The number of halogens is 1. The van der Waals surface area contributed by atoms with Crippen LogP contribution in [0.4, 0.5) is 0 Å². The third kappa shape index (κ3) is 6.13. The Morgan fingerprint density at radius 1 is 1.36 bits per heavy atom. The van der Waals surface area contributed by atoms with E-state index in [1.54, 1.807) is 0 Å². The molecule has 1 aliphatic rings. The number of aliphatic imine (C=N–C) groups is 1. The summed E-state index contributed by atoms with van der Waals surface area (Å²) in [5.74, 6) is 0.924. The second-order valence-corrected chi connectivity index (χ2v) is 7.21. The molecule has 144 valence electrons. The summed E-state index contributed by atoms with van der Waals surface area (Å²) in [6.45, 7) is 7.02. The second kappa shape index (κ2) is 10.4. The Bertz CT molecular complexity index is 530. The first kappa shape index (κ1) is 22.2. The third-order valence-corrected chi connectivity index (χ3v) is 5.28. The van der Waals surface area contributed by atoms with Crippen LogP contribution in [0.1, 0.15) is 51.1 Å². The molecule has 1 atom stereocenters. The minimum atomic E-state index is 0. The highest BCUT2D eigenvalue weighted by atomic mass is 127. The van der Waals surface area contributed by atoms with Gasteiger partial charge in [0.2, 0.25) is 0 Å². The zero-order valence-corrected chi connectivity index (χ0v) is 18.7. The normalized spacial score (nSPS) is 17.6. The number of aromatic nitrogens is 2. The Morgan fingerprint density at radius 3 is 2.52 bits per heavy atom. The summed E-state index contributed by atoms with van der Waals surface area (Å²) in [5, 5.41) is 11.2. The highest BCUT2D eigenvalue weighted by Gasteiger charge is 2.34. The van der Waals surface area contributed by atoms with E-state index in [0.29, 0.717) is 5.41 Å². The number of nitrogens with one attached hydrogen (secondary N) is 2. The lowest BCUT2D eigenvalue weighted by molar-refractivity contribution is 0.139. The van der Waals surface area contributed by atoms with Crippen molar-refractivity contribution in [3.05, 3.63) is 18.0 Å². The zero-order valence-electron chi connectivity index (χ0n) is 16.4. The van der Waals surface area contributed by atoms with Gasteiger partial charge in [-0.05, 0) is 45.7 Å². The van der Waals surface area contributed by atoms with Gasteiger partial charge in [-0.15, -0.1) is 24.0 Å². The quantitative estimate of drug-likeness (QED) is 0.355. The fourth-order valence-corrected chi connectivity index (χ4v) is 3.29. The SMILES string of the molecule is CCNC(=NCC1(CC)CCC1)NCC(c1cnn(C)c1)N(C)C.I. The molecule has 0 aromatic carbocycles. The summed E-state index contributed by atoms with van der Waals surface area (Å²) in [6, 6.07) is 0.270. The molecule has 0 bridgehead atoms. The van der Waals surface area contributed by atoms with Crippen molar-refractivity contribution >= 4 is 29.9 Å². The summed E-state index contributed by atoms with van der Waals surface area (Å²) in [6.07, 6.45) is 9.25. The second-order valence-electron chi connectivity index (χ2n) is 7.21. The van der Waals surface area contributed by atoms with E-state index < -0.39 is 0 Å². The highest BCUT2D eigenvalue weighted by molar-refractivity contribution is 14.0. The Labute approximate surface area is 169 Å². The zero-order chi connectivity index (χ0) is 17.6. The molecule has 0 spiro atoms. The number of likely N-dealkylation sites (N-methyl/N-ethyl adjacent to an activating group) is 1. The van der Waals surface area contributed by atoms with Gasteiger partial charge in [-0.3, -0.25) is 9.67 Å². The number of guanidine groups is 1. The van der Waals surface area contributed by atoms with Crippen LogP contribution in [0.3, 0.4) is 0 Å². The monoisotopic (exact) mass is 462 g/mol. The molecule has 0 saturated heterocycles. The van der Waals surface area contributed by atoms with Crippen LogP contribution < -0.4 is 10.6 Å². The molecular formula is C18H35IN6. The van der Waals surface area contributed by atoms with Crippen LogP contribution in [0.2, 0.25) is 0 Å². The number of hydrogen-bond donors (Lipinski definition) is 2. The van der Waals surface area contributed by atoms with Gasteiger partial charge in [0.05, 0.1) is 12.2 Å². The van der Waals surface area contributed by atoms with Crippen molar-refractivity contribution in [2.24, 2.45) is 17.5 Å². The molecule has 6 nitrogen and oxygen atoms in total. The van der Waals surface area contributed by atoms with Crippen molar-refractivity contribution in [1.82, 2.24) is 25.3 Å². The van der Waals surface area contributed by atoms with Gasteiger partial charge in [0.25, 0.3) is 0 Å². The van der Waals surface area contributed by atoms with Gasteiger partial charge in [-0.1, -0.05) is 13.3 Å². The Morgan fingerprint density at radius 2 is 2.08 bits per heavy atom. The van der Waals surface area contributed by atoms with Gasteiger partial charge in [-0.2, -0.15) is 5.10 Å². The molecule has 1 unspecified atom stereocenters. The van der Waals surface area contributed by atoms with E-state index in [4.69, 9.17) is 4.99 Å². The fourth-order valence-electron chi connectivity index (χ4n) is 3.29. The predicted molar refractivity (Wildman–Crippen MR) is 116 cm³/mol. The van der Waals surface area contributed by atoms with Gasteiger partial charge in [-0.25, -0.2) is 0 Å². The van der Waals surface area contributed by atoms with E-state index in [0.717, 1.165) is 25.6 Å². The molecule has 1 fully saturated rings. The average molecular weight is 462 g/mol. The van der Waals surface area contributed by atoms with Crippen molar-refractivity contribution < 1.29 is 0 Å². The molecule has 7 heteroatoms. The number of nitrogens with zero attached hydrogens (tertiary/aromatic N) is 4. The lowest BCUT2D eigenvalue weighted by Gasteiger charge is -2.40. The smallest absolute Gasteiger partial charge is 0.191 e. The Kier molecular flexibility index (Phi) is 9.20. The van der Waals surface area contributed by atoms with Crippen LogP contribution in [0.5, 0.6) is 0 Å². The van der Waals surface area contributed by atoms with E-state index in [-0.39, 0.29) is 30.0 Å². The van der Waals surface area contributed by atoms with Gasteiger partial charge in [0.15, 0.2) is 5.96 Å². The molecule has 1 aromatic rings. The largest absolute Gasteiger partial charge is 0.357 e. The van der Waals surface area contributed by atoms with Crippen LogP contribution >= 0.6 is 24.0 Å². The molecule has 0 aliphatic heterocycles. The Balaban J connectivity index is 0.00000312. The molecule has 25 heavy (non-hydrogen) atoms. The number of hydrogen-bond acceptors (Lipinski definition) is 3. The third-order valence-electron chi connectivity index (χ3n) is 5.28. The van der Waals surface area contributed by atoms with Crippen molar-refractivity contribution in [3.8, 4) is 0 Å². The lowest BCUT2D eigenvalue weighted by Crippen LogP contribution is -2.43. The number of aryl methyl sites for hydroxylation is 1. The van der Waals surface area contributed by atoms with Crippen LogP contribution in [-0.2, 0) is 7.05 Å². The van der Waals surface area contributed by atoms with E-state index >= 15 is 0 Å². The molecule has 2 rings (SSSR count).